The first-order valence-corrected chi connectivity index (χ1v) is 25.7. The summed E-state index contributed by atoms with van der Waals surface area (Å²) in [6.45, 7) is 4.62. The summed E-state index contributed by atoms with van der Waals surface area (Å²) >= 11 is 0. The van der Waals surface area contributed by atoms with Gasteiger partial charge in [0.2, 0.25) is 0 Å². The van der Waals surface area contributed by atoms with Crippen LogP contribution in [0, 0.1) is 0 Å². The first-order valence-electron chi connectivity index (χ1n) is 25.7. The lowest BCUT2D eigenvalue weighted by atomic mass is 10.1. The number of carbonyl (C=O) groups excluding carboxylic acids is 3. The number of ether oxygens (including phenoxy) is 3. The van der Waals surface area contributed by atoms with Crippen LogP contribution in [0.2, 0.25) is 0 Å². The zero-order chi connectivity index (χ0) is 45.6. The molecule has 62 heavy (non-hydrogen) atoms. The average molecular weight is 872 g/mol. The fourth-order valence-electron chi connectivity index (χ4n) is 7.47. The van der Waals surface area contributed by atoms with E-state index in [9.17, 15) is 19.5 Å². The average Bonchev–Trinajstić information content (AvgIpc) is 3.23. The second-order valence-electron chi connectivity index (χ2n) is 18.5. The van der Waals surface area contributed by atoms with Crippen LogP contribution in [0.1, 0.15) is 226 Å². The molecule has 0 aromatic rings. The van der Waals surface area contributed by atoms with Gasteiger partial charge in [-0.15, -0.1) is 0 Å². The zero-order valence-corrected chi connectivity index (χ0v) is 41.0. The molecular formula is C54H97NO7. The number of carboxylic acids is 1. The van der Waals surface area contributed by atoms with Crippen molar-refractivity contribution in [1.29, 1.82) is 0 Å². The Morgan fingerprint density at radius 2 is 0.839 bits per heavy atom. The van der Waals surface area contributed by atoms with E-state index in [1.807, 2.05) is 0 Å². The van der Waals surface area contributed by atoms with Crippen LogP contribution in [0.5, 0.6) is 0 Å². The number of hydrogen-bond donors (Lipinski definition) is 0. The molecule has 0 saturated carbocycles. The number of aliphatic carboxylic acids is 1. The van der Waals surface area contributed by atoms with Crippen molar-refractivity contribution in [2.75, 3.05) is 41.0 Å². The van der Waals surface area contributed by atoms with Gasteiger partial charge in [-0.3, -0.25) is 9.59 Å². The number of hydrogen-bond acceptors (Lipinski definition) is 7. The molecule has 0 saturated heterocycles. The number of nitrogens with zero attached hydrogens (tertiary/aromatic N) is 1. The molecule has 360 valence electrons. The molecule has 0 spiro atoms. The molecule has 8 heteroatoms. The van der Waals surface area contributed by atoms with E-state index in [4.69, 9.17) is 14.2 Å². The maximum atomic E-state index is 12.8. The van der Waals surface area contributed by atoms with Gasteiger partial charge in [0.05, 0.1) is 40.3 Å². The maximum Gasteiger partial charge on any atom is 0.306 e. The lowest BCUT2D eigenvalue weighted by Gasteiger charge is -2.34. The van der Waals surface area contributed by atoms with Crippen molar-refractivity contribution in [2.24, 2.45) is 0 Å². The van der Waals surface area contributed by atoms with Crippen molar-refractivity contribution in [2.45, 2.75) is 238 Å². The number of quaternary nitrogens is 1. The number of esters is 2. The molecular weight excluding hydrogens is 775 g/mol. The highest BCUT2D eigenvalue weighted by atomic mass is 16.6. The SMILES string of the molecule is CCCCC/C=C/C=C/CCCCCCCCCCCCC(=O)OCC(COCCC(C(=O)[O-])[N+](C)(C)C)OC(=O)CCCCCCCCCCCC/C=C/C=C/CCCCC. The van der Waals surface area contributed by atoms with Crippen LogP contribution < -0.4 is 5.11 Å². The fraction of sp³-hybridized carbons (Fsp3) is 0.796. The summed E-state index contributed by atoms with van der Waals surface area (Å²) in [5.74, 6) is -1.74. The van der Waals surface area contributed by atoms with E-state index in [2.05, 4.69) is 62.5 Å². The molecule has 0 radical (unpaired) electrons. The molecule has 0 heterocycles. The highest BCUT2D eigenvalue weighted by molar-refractivity contribution is 5.70. The van der Waals surface area contributed by atoms with Gasteiger partial charge in [-0.2, -0.15) is 0 Å². The van der Waals surface area contributed by atoms with Gasteiger partial charge in [-0.05, 0) is 64.2 Å². The Morgan fingerprint density at radius 3 is 1.21 bits per heavy atom. The van der Waals surface area contributed by atoms with Crippen molar-refractivity contribution in [3.63, 3.8) is 0 Å². The minimum Gasteiger partial charge on any atom is -0.544 e. The van der Waals surface area contributed by atoms with Gasteiger partial charge in [-0.25, -0.2) is 0 Å². The minimum absolute atomic E-state index is 0.0388. The standard InChI is InChI=1S/C54H97NO7/c1-6-8-10-12-14-16-18-20-22-24-26-28-30-32-34-36-38-40-42-44-52(56)61-49-50(48-60-47-46-51(54(58)59)55(3,4)5)62-53(57)45-43-41-39-37-35-33-31-29-27-25-23-21-19-17-15-13-11-9-7-2/h14-21,50-51H,6-13,22-49H2,1-5H3/b16-14+,17-15+,20-18+,21-19+. The van der Waals surface area contributed by atoms with E-state index in [1.54, 1.807) is 21.1 Å². The van der Waals surface area contributed by atoms with Crippen LogP contribution in [-0.4, -0.2) is 75.5 Å². The van der Waals surface area contributed by atoms with Crippen LogP contribution in [0.25, 0.3) is 0 Å². The molecule has 0 bridgehead atoms. The van der Waals surface area contributed by atoms with Crippen LogP contribution in [0.15, 0.2) is 48.6 Å². The predicted molar refractivity (Wildman–Crippen MR) is 259 cm³/mol. The third kappa shape index (κ3) is 42.6. The van der Waals surface area contributed by atoms with Gasteiger partial charge in [0.25, 0.3) is 0 Å². The van der Waals surface area contributed by atoms with Gasteiger partial charge >= 0.3 is 11.9 Å². The van der Waals surface area contributed by atoms with Crippen LogP contribution in [0.3, 0.4) is 0 Å². The quantitative estimate of drug-likeness (QED) is 0.0260. The molecule has 0 aromatic carbocycles. The second kappa shape index (κ2) is 44.9. The molecule has 0 aliphatic rings. The highest BCUT2D eigenvalue weighted by Crippen LogP contribution is 2.15. The van der Waals surface area contributed by atoms with Gasteiger partial charge in [0, 0.05) is 19.3 Å². The number of carbonyl (C=O) groups is 3. The molecule has 0 aromatic heterocycles. The molecule has 8 nitrogen and oxygen atoms in total. The zero-order valence-electron chi connectivity index (χ0n) is 41.0. The summed E-state index contributed by atoms with van der Waals surface area (Å²) < 4.78 is 17.2. The summed E-state index contributed by atoms with van der Waals surface area (Å²) in [5.41, 5.74) is 0. The second-order valence-corrected chi connectivity index (χ2v) is 18.5. The number of unbranched alkanes of at least 4 members (excludes halogenated alkanes) is 26. The number of likely N-dealkylation sites (N-methyl/N-ethyl adjacent to an activating group) is 1. The normalized spacial score (nSPS) is 13.2. The van der Waals surface area contributed by atoms with Gasteiger partial charge in [-0.1, -0.05) is 191 Å². The van der Waals surface area contributed by atoms with Crippen molar-refractivity contribution in [3.05, 3.63) is 48.6 Å². The highest BCUT2D eigenvalue weighted by Gasteiger charge is 2.25. The summed E-state index contributed by atoms with van der Waals surface area (Å²) in [6.07, 6.45) is 54.1. The summed E-state index contributed by atoms with van der Waals surface area (Å²) in [5, 5.41) is 11.7. The number of allylic oxidation sites excluding steroid dienone is 8. The first-order chi connectivity index (χ1) is 30.1. The summed E-state index contributed by atoms with van der Waals surface area (Å²) in [6, 6.07) is -0.728. The van der Waals surface area contributed by atoms with Gasteiger partial charge < -0.3 is 28.6 Å². The number of carboxylic acid groups (broad SMARTS) is 1. The molecule has 2 atom stereocenters. The Morgan fingerprint density at radius 1 is 0.484 bits per heavy atom. The molecule has 0 aliphatic carbocycles. The number of rotatable bonds is 46. The van der Waals surface area contributed by atoms with Crippen molar-refractivity contribution in [1.82, 2.24) is 0 Å². The molecule has 0 amide bonds. The fourth-order valence-corrected chi connectivity index (χ4v) is 7.47. The Labute approximate surface area is 382 Å². The van der Waals surface area contributed by atoms with Crippen LogP contribution in [-0.2, 0) is 28.6 Å². The van der Waals surface area contributed by atoms with Gasteiger partial charge in [0.15, 0.2) is 6.10 Å². The Bertz CT molecular complexity index is 1150. The smallest absolute Gasteiger partial charge is 0.306 e. The molecule has 0 aliphatic heterocycles. The van der Waals surface area contributed by atoms with E-state index in [0.29, 0.717) is 12.8 Å². The maximum absolute atomic E-state index is 12.8. The summed E-state index contributed by atoms with van der Waals surface area (Å²) in [4.78, 5) is 37.0. The largest absolute Gasteiger partial charge is 0.544 e. The van der Waals surface area contributed by atoms with E-state index in [-0.39, 0.29) is 42.7 Å². The first kappa shape index (κ1) is 59.3. The lowest BCUT2D eigenvalue weighted by molar-refractivity contribution is -0.889. The monoisotopic (exact) mass is 872 g/mol. The Balaban J connectivity index is 4.25. The Kier molecular flexibility index (Phi) is 42.9. The molecule has 0 fully saturated rings. The lowest BCUT2D eigenvalue weighted by Crippen LogP contribution is -2.55. The third-order valence-corrected chi connectivity index (χ3v) is 11.5. The van der Waals surface area contributed by atoms with E-state index in [0.717, 1.165) is 38.5 Å². The van der Waals surface area contributed by atoms with Crippen LogP contribution >= 0.6 is 0 Å². The third-order valence-electron chi connectivity index (χ3n) is 11.5. The topological polar surface area (TPSA) is 102 Å². The van der Waals surface area contributed by atoms with Crippen molar-refractivity contribution in [3.8, 4) is 0 Å². The van der Waals surface area contributed by atoms with Crippen molar-refractivity contribution >= 4 is 17.9 Å². The molecule has 2 unspecified atom stereocenters. The molecule has 0 rings (SSSR count). The predicted octanol–water partition coefficient (Wildman–Crippen LogP) is 13.4. The van der Waals surface area contributed by atoms with E-state index in [1.165, 1.54) is 154 Å². The van der Waals surface area contributed by atoms with E-state index >= 15 is 0 Å². The Hall–Kier alpha value is -2.71. The molecule has 0 N–H and O–H groups in total. The van der Waals surface area contributed by atoms with Crippen LogP contribution in [0.4, 0.5) is 0 Å². The van der Waals surface area contributed by atoms with Crippen molar-refractivity contribution < 1.29 is 38.2 Å². The van der Waals surface area contributed by atoms with Gasteiger partial charge in [0.1, 0.15) is 12.6 Å². The summed E-state index contributed by atoms with van der Waals surface area (Å²) in [7, 11) is 5.42. The minimum atomic E-state index is -1.13. The van der Waals surface area contributed by atoms with E-state index < -0.39 is 18.1 Å².